The first-order chi connectivity index (χ1) is 18.6. The predicted molar refractivity (Wildman–Crippen MR) is 148 cm³/mol. The van der Waals surface area contributed by atoms with E-state index in [1.807, 2.05) is 13.8 Å². The Bertz CT molecular complexity index is 1370. The number of methoxy groups -OCH3 is 1. The SMILES string of the molecule is CC[C@@H](C(=O)NC(C)C)N(Cc1ccc(F)cc1)C(=O)CN(c1ccccc1OC)S(=O)(=O)c1ccccc1. The summed E-state index contributed by atoms with van der Waals surface area (Å²) in [6, 6.07) is 18.8. The number of nitrogens with zero attached hydrogens (tertiary/aromatic N) is 2. The number of halogens is 1. The summed E-state index contributed by atoms with van der Waals surface area (Å²) in [5, 5.41) is 2.84. The standard InChI is InChI=1S/C29H34FN3O5S/c1-5-25(29(35)31-21(2)3)32(19-22-15-17-23(30)18-16-22)28(34)20-33(26-13-9-10-14-27(26)38-4)39(36,37)24-11-7-6-8-12-24/h6-18,21,25H,5,19-20H2,1-4H3,(H,31,35)/t25-/m0/s1. The van der Waals surface area contributed by atoms with E-state index in [9.17, 15) is 22.4 Å². The summed E-state index contributed by atoms with van der Waals surface area (Å²) in [7, 11) is -2.79. The highest BCUT2D eigenvalue weighted by atomic mass is 32.2. The summed E-state index contributed by atoms with van der Waals surface area (Å²) in [6.07, 6.45) is 0.283. The highest BCUT2D eigenvalue weighted by Gasteiger charge is 2.34. The molecule has 0 unspecified atom stereocenters. The fourth-order valence-corrected chi connectivity index (χ4v) is 5.60. The number of benzene rings is 3. The van der Waals surface area contributed by atoms with Crippen molar-refractivity contribution in [2.24, 2.45) is 0 Å². The van der Waals surface area contributed by atoms with E-state index in [4.69, 9.17) is 4.74 Å². The molecule has 3 aromatic rings. The summed E-state index contributed by atoms with van der Waals surface area (Å²) in [6.45, 7) is 4.78. The van der Waals surface area contributed by atoms with Crippen molar-refractivity contribution in [3.63, 3.8) is 0 Å². The van der Waals surface area contributed by atoms with E-state index in [-0.39, 0.29) is 41.2 Å². The fraction of sp³-hybridized carbons (Fsp3) is 0.310. The number of carbonyl (C=O) groups excluding carboxylic acids is 2. The van der Waals surface area contributed by atoms with Crippen LogP contribution in [-0.2, 0) is 26.2 Å². The second-order valence-electron chi connectivity index (χ2n) is 9.23. The Balaban J connectivity index is 2.08. The van der Waals surface area contributed by atoms with E-state index < -0.39 is 34.3 Å². The quantitative estimate of drug-likeness (QED) is 0.358. The molecule has 3 rings (SSSR count). The Morgan fingerprint density at radius 3 is 2.15 bits per heavy atom. The lowest BCUT2D eigenvalue weighted by Crippen LogP contribution is -2.53. The summed E-state index contributed by atoms with van der Waals surface area (Å²) in [5.74, 6) is -1.13. The van der Waals surface area contributed by atoms with Crippen LogP contribution in [0.3, 0.4) is 0 Å². The molecule has 0 aliphatic rings. The Labute approximate surface area is 229 Å². The minimum atomic E-state index is -4.21. The number of nitrogens with one attached hydrogen (secondary N) is 1. The molecule has 0 radical (unpaired) electrons. The van der Waals surface area contributed by atoms with Crippen LogP contribution in [0.5, 0.6) is 5.75 Å². The van der Waals surface area contributed by atoms with E-state index in [2.05, 4.69) is 5.32 Å². The number of ether oxygens (including phenoxy) is 1. The van der Waals surface area contributed by atoms with E-state index in [0.717, 1.165) is 4.31 Å². The topological polar surface area (TPSA) is 96.0 Å². The minimum absolute atomic E-state index is 0.00150. The van der Waals surface area contributed by atoms with E-state index in [1.165, 1.54) is 48.4 Å². The molecule has 208 valence electrons. The molecule has 8 nitrogen and oxygen atoms in total. The van der Waals surface area contributed by atoms with Crippen molar-refractivity contribution in [1.82, 2.24) is 10.2 Å². The van der Waals surface area contributed by atoms with E-state index in [0.29, 0.717) is 5.56 Å². The van der Waals surface area contributed by atoms with Gasteiger partial charge in [-0.05, 0) is 62.2 Å². The van der Waals surface area contributed by atoms with Crippen molar-refractivity contribution < 1.29 is 27.1 Å². The smallest absolute Gasteiger partial charge is 0.264 e. The summed E-state index contributed by atoms with van der Waals surface area (Å²) < 4.78 is 47.7. The van der Waals surface area contributed by atoms with Crippen molar-refractivity contribution in [3.8, 4) is 5.75 Å². The second-order valence-corrected chi connectivity index (χ2v) is 11.1. The Morgan fingerprint density at radius 2 is 1.56 bits per heavy atom. The maximum absolute atomic E-state index is 14.0. The van der Waals surface area contributed by atoms with Crippen LogP contribution in [0.2, 0.25) is 0 Å². The van der Waals surface area contributed by atoms with Crippen LogP contribution < -0.4 is 14.4 Å². The molecule has 10 heteroatoms. The van der Waals surface area contributed by atoms with Gasteiger partial charge in [-0.25, -0.2) is 12.8 Å². The van der Waals surface area contributed by atoms with Crippen molar-refractivity contribution in [2.75, 3.05) is 18.0 Å². The van der Waals surface area contributed by atoms with Crippen LogP contribution in [0.15, 0.2) is 83.8 Å². The molecule has 1 atom stereocenters. The molecular formula is C29H34FN3O5S. The van der Waals surface area contributed by atoms with Gasteiger partial charge in [0.15, 0.2) is 0 Å². The summed E-state index contributed by atoms with van der Waals surface area (Å²) >= 11 is 0. The molecule has 3 aromatic carbocycles. The van der Waals surface area contributed by atoms with Crippen LogP contribution in [0.25, 0.3) is 0 Å². The summed E-state index contributed by atoms with van der Waals surface area (Å²) in [5.41, 5.74) is 0.772. The first-order valence-electron chi connectivity index (χ1n) is 12.6. The van der Waals surface area contributed by atoms with E-state index in [1.54, 1.807) is 49.4 Å². The number of anilines is 1. The molecule has 0 aliphatic carbocycles. The fourth-order valence-electron chi connectivity index (χ4n) is 4.16. The van der Waals surface area contributed by atoms with Gasteiger partial charge in [0.2, 0.25) is 11.8 Å². The number of amides is 2. The van der Waals surface area contributed by atoms with Gasteiger partial charge >= 0.3 is 0 Å². The number of para-hydroxylation sites is 2. The van der Waals surface area contributed by atoms with Gasteiger partial charge in [0.25, 0.3) is 10.0 Å². The van der Waals surface area contributed by atoms with Crippen LogP contribution in [-0.4, -0.2) is 50.9 Å². The summed E-state index contributed by atoms with van der Waals surface area (Å²) in [4.78, 5) is 28.5. The molecular weight excluding hydrogens is 521 g/mol. The number of hydrogen-bond donors (Lipinski definition) is 1. The maximum atomic E-state index is 14.0. The van der Waals surface area contributed by atoms with Crippen LogP contribution in [0.1, 0.15) is 32.8 Å². The lowest BCUT2D eigenvalue weighted by Gasteiger charge is -2.33. The van der Waals surface area contributed by atoms with Crippen LogP contribution >= 0.6 is 0 Å². The molecule has 0 heterocycles. The zero-order chi connectivity index (χ0) is 28.6. The molecule has 39 heavy (non-hydrogen) atoms. The van der Waals surface area contributed by atoms with Gasteiger partial charge in [-0.2, -0.15) is 0 Å². The largest absolute Gasteiger partial charge is 0.495 e. The molecule has 0 spiro atoms. The first-order valence-corrected chi connectivity index (χ1v) is 14.1. The second kappa shape index (κ2) is 13.2. The van der Waals surface area contributed by atoms with Crippen LogP contribution in [0, 0.1) is 5.82 Å². The molecule has 1 N–H and O–H groups in total. The van der Waals surface area contributed by atoms with Gasteiger partial charge in [-0.15, -0.1) is 0 Å². The third kappa shape index (κ3) is 7.35. The Kier molecular flexibility index (Phi) is 10.1. The molecule has 0 saturated heterocycles. The first kappa shape index (κ1) is 29.6. The van der Waals surface area contributed by atoms with Crippen molar-refractivity contribution in [1.29, 1.82) is 0 Å². The van der Waals surface area contributed by atoms with Gasteiger partial charge in [-0.3, -0.25) is 13.9 Å². The average molecular weight is 556 g/mol. The number of carbonyl (C=O) groups is 2. The highest BCUT2D eigenvalue weighted by molar-refractivity contribution is 7.92. The van der Waals surface area contributed by atoms with Gasteiger partial charge in [0, 0.05) is 12.6 Å². The predicted octanol–water partition coefficient (Wildman–Crippen LogP) is 4.36. The molecule has 0 bridgehead atoms. The third-order valence-corrected chi connectivity index (χ3v) is 7.82. The van der Waals surface area contributed by atoms with Crippen molar-refractivity contribution in [3.05, 3.63) is 90.2 Å². The van der Waals surface area contributed by atoms with Gasteiger partial charge < -0.3 is 15.0 Å². The van der Waals surface area contributed by atoms with Crippen LogP contribution in [0.4, 0.5) is 10.1 Å². The highest BCUT2D eigenvalue weighted by Crippen LogP contribution is 2.32. The van der Waals surface area contributed by atoms with E-state index >= 15 is 0 Å². The molecule has 0 fully saturated rings. The lowest BCUT2D eigenvalue weighted by molar-refractivity contribution is -0.140. The van der Waals surface area contributed by atoms with Crippen molar-refractivity contribution >= 4 is 27.5 Å². The monoisotopic (exact) mass is 555 g/mol. The van der Waals surface area contributed by atoms with Gasteiger partial charge in [-0.1, -0.05) is 49.4 Å². The zero-order valence-corrected chi connectivity index (χ0v) is 23.3. The zero-order valence-electron chi connectivity index (χ0n) is 22.5. The van der Waals surface area contributed by atoms with Gasteiger partial charge in [0.1, 0.15) is 24.2 Å². The Hall–Kier alpha value is -3.92. The normalized spacial score (nSPS) is 12.1. The van der Waals surface area contributed by atoms with Crippen molar-refractivity contribution in [2.45, 2.75) is 50.7 Å². The molecule has 0 aliphatic heterocycles. The van der Waals surface area contributed by atoms with Gasteiger partial charge in [0.05, 0.1) is 17.7 Å². The molecule has 2 amide bonds. The maximum Gasteiger partial charge on any atom is 0.264 e. The molecule has 0 saturated carbocycles. The lowest BCUT2D eigenvalue weighted by atomic mass is 10.1. The number of sulfonamides is 1. The Morgan fingerprint density at radius 1 is 0.949 bits per heavy atom. The number of rotatable bonds is 12. The average Bonchev–Trinajstić information content (AvgIpc) is 2.92. The third-order valence-electron chi connectivity index (χ3n) is 6.05. The minimum Gasteiger partial charge on any atom is -0.495 e. The molecule has 0 aromatic heterocycles. The number of hydrogen-bond acceptors (Lipinski definition) is 5.